The number of aromatic nitrogens is 1. The minimum atomic E-state index is -1.51. The van der Waals surface area contributed by atoms with E-state index < -0.39 is 47.3 Å². The highest BCUT2D eigenvalue weighted by molar-refractivity contribution is 8.00. The number of thiazole rings is 1. The van der Waals surface area contributed by atoms with Gasteiger partial charge in [-0.3, -0.25) is 19.2 Å². The quantitative estimate of drug-likeness (QED) is 0.134. The topological polar surface area (TPSA) is 203 Å². The number of nitrogens with one attached hydrogen (secondary N) is 2. The van der Waals surface area contributed by atoms with Crippen LogP contribution in [0.3, 0.4) is 0 Å². The summed E-state index contributed by atoms with van der Waals surface area (Å²) in [7, 11) is 0. The Hall–Kier alpha value is -3.40. The van der Waals surface area contributed by atoms with Gasteiger partial charge in [0.1, 0.15) is 35.7 Å². The molecule has 3 rings (SSSR count). The van der Waals surface area contributed by atoms with Gasteiger partial charge in [-0.05, 0) is 6.92 Å². The smallest absolute Gasteiger partial charge is 0.404 e. The summed E-state index contributed by atoms with van der Waals surface area (Å²) in [6, 6.07) is -0.926. The molecule has 3 heterocycles. The van der Waals surface area contributed by atoms with Crippen molar-refractivity contribution in [1.29, 1.82) is 0 Å². The standard InChI is InChI=1S/C17H20N6O8S2/c1-2-31-22-9(8-3-32-16(20-8)19-7-24)11(25)21-10-12(26)23-4-17(14(27)28,5-30-15(18)29)6-33-13(10)23/h3,7,10,13H,2,4-6H2,1H3,(H2,18,29)(H,21,25)(H,27,28)(H,19,20,24)/t10?,13-,17?/m1/s1. The summed E-state index contributed by atoms with van der Waals surface area (Å²) >= 11 is 2.20. The second kappa shape index (κ2) is 10.0. The number of primary amides is 1. The van der Waals surface area contributed by atoms with Crippen LogP contribution in [0.25, 0.3) is 0 Å². The molecule has 4 amide bonds. The van der Waals surface area contributed by atoms with E-state index in [1.807, 2.05) is 0 Å². The first kappa shape index (κ1) is 24.2. The molecule has 0 saturated carbocycles. The van der Waals surface area contributed by atoms with Crippen LogP contribution in [0, 0.1) is 5.41 Å². The number of hydrogen-bond donors (Lipinski definition) is 4. The number of thioether (sulfide) groups is 1. The van der Waals surface area contributed by atoms with Crippen LogP contribution in [0.2, 0.25) is 0 Å². The molecular weight excluding hydrogens is 480 g/mol. The monoisotopic (exact) mass is 500 g/mol. The zero-order valence-electron chi connectivity index (χ0n) is 17.2. The number of anilines is 1. The first-order valence-electron chi connectivity index (χ1n) is 9.47. The lowest BCUT2D eigenvalue weighted by molar-refractivity contribution is -0.160. The summed E-state index contributed by atoms with van der Waals surface area (Å²) in [5.74, 6) is -2.42. The number of amides is 4. The van der Waals surface area contributed by atoms with Gasteiger partial charge in [0.15, 0.2) is 10.8 Å². The van der Waals surface area contributed by atoms with Gasteiger partial charge in [0.05, 0.1) is 0 Å². The van der Waals surface area contributed by atoms with Gasteiger partial charge in [0.2, 0.25) is 12.3 Å². The first-order valence-corrected chi connectivity index (χ1v) is 11.4. The zero-order valence-corrected chi connectivity index (χ0v) is 18.8. The molecule has 2 saturated heterocycles. The summed E-state index contributed by atoms with van der Waals surface area (Å²) in [4.78, 5) is 69.2. The number of oxime groups is 1. The number of nitrogens with zero attached hydrogens (tertiary/aromatic N) is 3. The lowest BCUT2D eigenvalue weighted by Crippen LogP contribution is -2.74. The van der Waals surface area contributed by atoms with Gasteiger partial charge < -0.3 is 35.9 Å². The third-order valence-corrected chi connectivity index (χ3v) is 7.17. The lowest BCUT2D eigenvalue weighted by atomic mass is 9.88. The number of carboxylic acids is 1. The number of rotatable bonds is 10. The van der Waals surface area contributed by atoms with Crippen LogP contribution < -0.4 is 16.4 Å². The molecule has 14 nitrogen and oxygen atoms in total. The molecule has 1 aromatic rings. The highest BCUT2D eigenvalue weighted by atomic mass is 32.2. The van der Waals surface area contributed by atoms with E-state index in [4.69, 9.17) is 15.3 Å². The third kappa shape index (κ3) is 5.00. The van der Waals surface area contributed by atoms with Crippen LogP contribution in [-0.4, -0.2) is 87.9 Å². The van der Waals surface area contributed by atoms with Crippen molar-refractivity contribution in [2.75, 3.05) is 30.8 Å². The summed E-state index contributed by atoms with van der Waals surface area (Å²) in [5.41, 5.74) is 3.39. The number of carbonyl (C=O) groups is 5. The number of aliphatic carboxylic acids is 1. The molecule has 0 spiro atoms. The van der Waals surface area contributed by atoms with Crippen molar-refractivity contribution in [1.82, 2.24) is 15.2 Å². The largest absolute Gasteiger partial charge is 0.481 e. The molecule has 0 aromatic carbocycles. The highest BCUT2D eigenvalue weighted by Gasteiger charge is 2.58. The third-order valence-electron chi connectivity index (χ3n) is 4.81. The Morgan fingerprint density at radius 3 is 2.88 bits per heavy atom. The van der Waals surface area contributed by atoms with Gasteiger partial charge in [-0.25, -0.2) is 9.78 Å². The normalized spacial score (nSPS) is 24.2. The van der Waals surface area contributed by atoms with Gasteiger partial charge >= 0.3 is 12.1 Å². The Bertz CT molecular complexity index is 1000. The van der Waals surface area contributed by atoms with Crippen molar-refractivity contribution in [2.24, 2.45) is 16.3 Å². The average molecular weight is 501 g/mol. The molecule has 5 N–H and O–H groups in total. The Kier molecular flexibility index (Phi) is 7.37. The van der Waals surface area contributed by atoms with E-state index in [-0.39, 0.29) is 35.4 Å². The van der Waals surface area contributed by atoms with E-state index in [1.54, 1.807) is 6.92 Å². The van der Waals surface area contributed by atoms with Crippen LogP contribution in [0.15, 0.2) is 10.5 Å². The van der Waals surface area contributed by atoms with Crippen LogP contribution in [0.4, 0.5) is 9.93 Å². The van der Waals surface area contributed by atoms with Gasteiger partial charge in [-0.2, -0.15) is 0 Å². The van der Waals surface area contributed by atoms with Crippen molar-refractivity contribution in [3.63, 3.8) is 0 Å². The van der Waals surface area contributed by atoms with Gasteiger partial charge in [0, 0.05) is 17.7 Å². The number of β-lactam (4-membered cyclic amide) rings is 1. The van der Waals surface area contributed by atoms with Gasteiger partial charge in [0.25, 0.3) is 5.91 Å². The minimum Gasteiger partial charge on any atom is -0.481 e. The molecule has 0 bridgehead atoms. The predicted molar refractivity (Wildman–Crippen MR) is 115 cm³/mol. The van der Waals surface area contributed by atoms with E-state index >= 15 is 0 Å². The van der Waals surface area contributed by atoms with Crippen LogP contribution >= 0.6 is 23.1 Å². The molecule has 0 radical (unpaired) electrons. The van der Waals surface area contributed by atoms with Crippen molar-refractivity contribution in [3.05, 3.63) is 11.1 Å². The van der Waals surface area contributed by atoms with Crippen molar-refractivity contribution < 1.29 is 38.7 Å². The Morgan fingerprint density at radius 2 is 2.24 bits per heavy atom. The van der Waals surface area contributed by atoms with Crippen LogP contribution in [0.1, 0.15) is 12.6 Å². The summed E-state index contributed by atoms with van der Waals surface area (Å²) in [6.07, 6.45) is -0.673. The lowest BCUT2D eigenvalue weighted by Gasteiger charge is -2.53. The maximum Gasteiger partial charge on any atom is 0.404 e. The van der Waals surface area contributed by atoms with Crippen molar-refractivity contribution >= 4 is 64.2 Å². The molecular formula is C17H20N6O8S2. The predicted octanol–water partition coefficient (Wildman–Crippen LogP) is -0.982. The summed E-state index contributed by atoms with van der Waals surface area (Å²) < 4.78 is 4.69. The molecule has 2 fully saturated rings. The number of carboxylic acid groups (broad SMARTS) is 1. The summed E-state index contributed by atoms with van der Waals surface area (Å²) in [6.45, 7) is 1.16. The minimum absolute atomic E-state index is 0.0309. The van der Waals surface area contributed by atoms with Gasteiger partial charge in [-0.1, -0.05) is 5.16 Å². The fraction of sp³-hybridized carbons (Fsp3) is 0.471. The molecule has 0 aliphatic carbocycles. The maximum atomic E-state index is 12.9. The van der Waals surface area contributed by atoms with E-state index in [0.717, 1.165) is 23.1 Å². The molecule has 16 heteroatoms. The van der Waals surface area contributed by atoms with Gasteiger partial charge in [-0.15, -0.1) is 23.1 Å². The average Bonchev–Trinajstić information content (AvgIpc) is 3.24. The molecule has 2 aliphatic rings. The molecule has 2 unspecified atom stereocenters. The number of hydrogen-bond acceptors (Lipinski definition) is 11. The van der Waals surface area contributed by atoms with Crippen molar-refractivity contribution in [3.8, 4) is 0 Å². The van der Waals surface area contributed by atoms with E-state index in [1.165, 1.54) is 10.3 Å². The van der Waals surface area contributed by atoms with E-state index in [0.29, 0.717) is 6.41 Å². The first-order chi connectivity index (χ1) is 15.7. The fourth-order valence-corrected chi connectivity index (χ4v) is 5.34. The summed E-state index contributed by atoms with van der Waals surface area (Å²) in [5, 5.41) is 19.6. The van der Waals surface area contributed by atoms with E-state index in [9.17, 15) is 29.1 Å². The Labute approximate surface area is 194 Å². The zero-order chi connectivity index (χ0) is 24.2. The van der Waals surface area contributed by atoms with Crippen LogP contribution in [-0.2, 0) is 28.8 Å². The highest BCUT2D eigenvalue weighted by Crippen LogP contribution is 2.42. The second-order valence-corrected chi connectivity index (χ2v) is 8.93. The molecule has 33 heavy (non-hydrogen) atoms. The SMILES string of the molecule is CCON=C(C(=O)NC1C(=O)N2CC(COC(N)=O)(C(=O)O)CS[C@H]12)c1csc(NC=O)n1. The van der Waals surface area contributed by atoms with Crippen LogP contribution in [0.5, 0.6) is 0 Å². The number of ether oxygens (including phenoxy) is 1. The number of carbonyl (C=O) groups excluding carboxylic acids is 4. The van der Waals surface area contributed by atoms with Crippen molar-refractivity contribution in [2.45, 2.75) is 18.3 Å². The molecule has 1 aromatic heterocycles. The molecule has 178 valence electrons. The fourth-order valence-electron chi connectivity index (χ4n) is 3.16. The number of fused-ring (bicyclic) bond motifs is 1. The van der Waals surface area contributed by atoms with E-state index in [2.05, 4.69) is 20.8 Å². The number of nitrogens with two attached hydrogens (primary N) is 1. The maximum absolute atomic E-state index is 12.9. The Morgan fingerprint density at radius 1 is 1.48 bits per heavy atom. The molecule has 2 aliphatic heterocycles. The Balaban J connectivity index is 1.70. The molecule has 3 atom stereocenters. The second-order valence-electron chi connectivity index (χ2n) is 6.97.